The van der Waals surface area contributed by atoms with Gasteiger partial charge in [0.2, 0.25) is 0 Å². The predicted molar refractivity (Wildman–Crippen MR) is 62.5 cm³/mol. The molecular weight excluding hydrogens is 206 g/mol. The van der Waals surface area contributed by atoms with Crippen LogP contribution >= 0.6 is 0 Å². The Morgan fingerprint density at radius 3 is 2.69 bits per heavy atom. The van der Waals surface area contributed by atoms with Crippen LogP contribution in [0.3, 0.4) is 0 Å². The predicted octanol–water partition coefficient (Wildman–Crippen LogP) is 1.65. The van der Waals surface area contributed by atoms with Crippen molar-refractivity contribution >= 4 is 5.97 Å². The van der Waals surface area contributed by atoms with Crippen LogP contribution in [-0.4, -0.2) is 36.9 Å². The molecule has 1 rings (SSSR count). The number of carboxylic acids is 1. The highest BCUT2D eigenvalue weighted by molar-refractivity contribution is 5.72. The monoisotopic (exact) mass is 229 g/mol. The van der Waals surface area contributed by atoms with Gasteiger partial charge >= 0.3 is 5.97 Å². The summed E-state index contributed by atoms with van der Waals surface area (Å²) >= 11 is 0. The number of nitrogens with one attached hydrogen (secondary N) is 1. The molecule has 1 fully saturated rings. The van der Waals surface area contributed by atoms with Crippen LogP contribution in [-0.2, 0) is 9.53 Å². The van der Waals surface area contributed by atoms with Gasteiger partial charge < -0.3 is 15.2 Å². The zero-order valence-electron chi connectivity index (χ0n) is 10.1. The van der Waals surface area contributed by atoms with E-state index in [1.54, 1.807) is 0 Å². The van der Waals surface area contributed by atoms with Crippen LogP contribution in [0, 0.1) is 5.92 Å². The first kappa shape index (κ1) is 13.5. The van der Waals surface area contributed by atoms with Gasteiger partial charge in [0.25, 0.3) is 0 Å². The van der Waals surface area contributed by atoms with E-state index < -0.39 is 5.97 Å². The quantitative estimate of drug-likeness (QED) is 0.590. The lowest BCUT2D eigenvalue weighted by Crippen LogP contribution is -2.48. The Bertz CT molecular complexity index is 208. The highest BCUT2D eigenvalue weighted by Gasteiger charge is 2.35. The fraction of sp³-hybridized carbons (Fsp3) is 0.917. The molecule has 0 spiro atoms. The highest BCUT2D eigenvalue weighted by atomic mass is 16.5. The first-order valence-corrected chi connectivity index (χ1v) is 6.29. The Morgan fingerprint density at radius 1 is 1.38 bits per heavy atom. The molecule has 0 aromatic rings. The van der Waals surface area contributed by atoms with Crippen molar-refractivity contribution in [1.82, 2.24) is 5.32 Å². The Morgan fingerprint density at radius 2 is 2.12 bits per heavy atom. The Kier molecular flexibility index (Phi) is 6.42. The minimum absolute atomic E-state index is 0.166. The lowest BCUT2D eigenvalue weighted by atomic mass is 9.79. The summed E-state index contributed by atoms with van der Waals surface area (Å²) < 4.78 is 5.43. The summed E-state index contributed by atoms with van der Waals surface area (Å²) in [4.78, 5) is 10.7. The van der Waals surface area contributed by atoms with Crippen molar-refractivity contribution in [3.8, 4) is 0 Å². The molecule has 0 aliphatic heterocycles. The average Bonchev–Trinajstić information content (AvgIpc) is 2.19. The summed E-state index contributed by atoms with van der Waals surface area (Å²) in [5.41, 5.74) is 0. The number of carboxylic acid groups (broad SMARTS) is 1. The number of rotatable bonds is 9. The van der Waals surface area contributed by atoms with Gasteiger partial charge in [0.15, 0.2) is 0 Å². The van der Waals surface area contributed by atoms with Crippen molar-refractivity contribution in [2.45, 2.75) is 45.1 Å². The molecule has 1 aliphatic rings. The summed E-state index contributed by atoms with van der Waals surface area (Å²) in [5, 5.41) is 12.1. The van der Waals surface area contributed by atoms with Crippen molar-refractivity contribution < 1.29 is 14.6 Å². The molecule has 1 saturated carbocycles. The molecule has 0 saturated heterocycles. The van der Waals surface area contributed by atoms with Crippen molar-refractivity contribution in [3.05, 3.63) is 0 Å². The topological polar surface area (TPSA) is 58.6 Å². The van der Waals surface area contributed by atoms with E-state index in [-0.39, 0.29) is 12.0 Å². The Labute approximate surface area is 97.4 Å². The summed E-state index contributed by atoms with van der Waals surface area (Å²) in [6.45, 7) is 4.63. The third-order valence-electron chi connectivity index (χ3n) is 3.11. The van der Waals surface area contributed by atoms with E-state index in [0.29, 0.717) is 0 Å². The molecule has 1 aliphatic carbocycles. The molecule has 4 nitrogen and oxygen atoms in total. The minimum Gasteiger partial charge on any atom is -0.481 e. The molecule has 0 radical (unpaired) electrons. The first-order valence-electron chi connectivity index (χ1n) is 6.29. The molecule has 0 amide bonds. The van der Waals surface area contributed by atoms with E-state index in [1.807, 2.05) is 0 Å². The van der Waals surface area contributed by atoms with Gasteiger partial charge in [0, 0.05) is 19.3 Å². The second-order valence-electron chi connectivity index (χ2n) is 4.40. The normalized spacial score (nSPS) is 24.1. The van der Waals surface area contributed by atoms with Crippen LogP contribution < -0.4 is 5.32 Å². The van der Waals surface area contributed by atoms with E-state index in [0.717, 1.165) is 45.4 Å². The number of unbranched alkanes of at least 4 members (excludes halogenated alkanes) is 1. The summed E-state index contributed by atoms with van der Waals surface area (Å²) in [7, 11) is 0. The highest BCUT2D eigenvalue weighted by Crippen LogP contribution is 2.27. The van der Waals surface area contributed by atoms with Crippen LogP contribution in [0.25, 0.3) is 0 Å². The number of ether oxygens (including phenoxy) is 1. The average molecular weight is 229 g/mol. The van der Waals surface area contributed by atoms with Crippen LogP contribution in [0.1, 0.15) is 39.0 Å². The zero-order valence-corrected chi connectivity index (χ0v) is 10.1. The van der Waals surface area contributed by atoms with Crippen LogP contribution in [0.4, 0.5) is 0 Å². The summed E-state index contributed by atoms with van der Waals surface area (Å²) in [6, 6.07) is 0.188. The van der Waals surface area contributed by atoms with Crippen molar-refractivity contribution in [2.24, 2.45) is 5.92 Å². The van der Waals surface area contributed by atoms with Crippen molar-refractivity contribution in [3.63, 3.8) is 0 Å². The number of hydrogen-bond donors (Lipinski definition) is 2. The molecule has 2 unspecified atom stereocenters. The largest absolute Gasteiger partial charge is 0.481 e. The third-order valence-corrected chi connectivity index (χ3v) is 3.11. The van der Waals surface area contributed by atoms with E-state index in [2.05, 4.69) is 12.2 Å². The van der Waals surface area contributed by atoms with E-state index in [1.165, 1.54) is 6.42 Å². The fourth-order valence-electron chi connectivity index (χ4n) is 1.85. The third kappa shape index (κ3) is 4.49. The van der Waals surface area contributed by atoms with Crippen molar-refractivity contribution in [2.75, 3.05) is 19.8 Å². The molecule has 16 heavy (non-hydrogen) atoms. The second-order valence-corrected chi connectivity index (χ2v) is 4.40. The Hall–Kier alpha value is -0.610. The van der Waals surface area contributed by atoms with E-state index in [9.17, 15) is 4.79 Å². The van der Waals surface area contributed by atoms with Crippen LogP contribution in [0.2, 0.25) is 0 Å². The molecule has 4 heteroatoms. The maximum atomic E-state index is 10.7. The maximum Gasteiger partial charge on any atom is 0.308 e. The molecule has 2 N–H and O–H groups in total. The lowest BCUT2D eigenvalue weighted by molar-refractivity contribution is -0.146. The molecule has 0 bridgehead atoms. The van der Waals surface area contributed by atoms with Gasteiger partial charge in [0.1, 0.15) is 0 Å². The minimum atomic E-state index is -0.664. The first-order chi connectivity index (χ1) is 7.75. The van der Waals surface area contributed by atoms with Gasteiger partial charge in [-0.3, -0.25) is 4.79 Å². The smallest absolute Gasteiger partial charge is 0.308 e. The van der Waals surface area contributed by atoms with Crippen molar-refractivity contribution in [1.29, 1.82) is 0 Å². The Balaban J connectivity index is 1.90. The fourth-order valence-corrected chi connectivity index (χ4v) is 1.85. The van der Waals surface area contributed by atoms with E-state index in [4.69, 9.17) is 9.84 Å². The molecule has 0 heterocycles. The summed E-state index contributed by atoms with van der Waals surface area (Å²) in [5.74, 6) is -0.830. The zero-order chi connectivity index (χ0) is 11.8. The second kappa shape index (κ2) is 7.63. The molecule has 94 valence electrons. The number of carbonyl (C=O) groups is 1. The van der Waals surface area contributed by atoms with Gasteiger partial charge in [-0.2, -0.15) is 0 Å². The van der Waals surface area contributed by atoms with Gasteiger partial charge in [-0.25, -0.2) is 0 Å². The standard InChI is InChI=1S/C12H23NO3/c1-2-3-8-16-9-4-7-13-11-6-5-10(11)12(14)15/h10-11,13H,2-9H2,1H3,(H,14,15). The van der Waals surface area contributed by atoms with Gasteiger partial charge in [-0.05, 0) is 32.2 Å². The van der Waals surface area contributed by atoms with E-state index >= 15 is 0 Å². The number of aliphatic carboxylic acids is 1. The van der Waals surface area contributed by atoms with Gasteiger partial charge in [-0.15, -0.1) is 0 Å². The summed E-state index contributed by atoms with van der Waals surface area (Å²) in [6.07, 6.45) is 5.07. The van der Waals surface area contributed by atoms with Crippen LogP contribution in [0.15, 0.2) is 0 Å². The van der Waals surface area contributed by atoms with Gasteiger partial charge in [-0.1, -0.05) is 13.3 Å². The molecular formula is C12H23NO3. The maximum absolute atomic E-state index is 10.7. The SMILES string of the molecule is CCCCOCCCNC1CCC1C(=O)O. The van der Waals surface area contributed by atoms with Crippen LogP contribution in [0.5, 0.6) is 0 Å². The number of hydrogen-bond acceptors (Lipinski definition) is 3. The molecule has 0 aromatic heterocycles. The molecule has 0 aromatic carbocycles. The lowest BCUT2D eigenvalue weighted by Gasteiger charge is -2.34. The van der Waals surface area contributed by atoms with Gasteiger partial charge in [0.05, 0.1) is 5.92 Å². The molecule has 2 atom stereocenters.